The number of rotatable bonds is 8. The predicted molar refractivity (Wildman–Crippen MR) is 50.0 cm³/mol. The summed E-state index contributed by atoms with van der Waals surface area (Å²) in [5, 5.41) is 0. The molecule has 0 amide bonds. The average molecular weight is 824 g/mol. The van der Waals surface area contributed by atoms with Crippen molar-refractivity contribution in [2.45, 2.75) is 0 Å². The molecule has 0 aromatic heterocycles. The third kappa shape index (κ3) is 43.9. The van der Waals surface area contributed by atoms with Gasteiger partial charge in [0.2, 0.25) is 0 Å². The van der Waals surface area contributed by atoms with Gasteiger partial charge in [0.1, 0.15) is 0 Å². The fourth-order valence-electron chi connectivity index (χ4n) is 0.520. The maximum absolute atomic E-state index is 10.1. The van der Waals surface area contributed by atoms with Crippen molar-refractivity contribution in [1.29, 1.82) is 0 Å². The van der Waals surface area contributed by atoms with E-state index in [4.69, 9.17) is 0 Å². The fraction of sp³-hybridized carbons (Fsp3) is 0. The van der Waals surface area contributed by atoms with Crippen LogP contribution in [0.4, 0.5) is 0 Å². The molecular weight excluding hydrogens is 824 g/mol. The molecule has 205 valence electrons. The molecule has 0 aliphatic heterocycles. The van der Waals surface area contributed by atoms with E-state index < -0.39 is 46.9 Å². The number of hydrogen-bond donors (Lipinski definition) is 0. The third-order valence-electron chi connectivity index (χ3n) is 0.800. The Morgan fingerprint density at radius 3 is 0.484 bits per heavy atom. The minimum Gasteiger partial charge on any atom is -0.790 e. The van der Waals surface area contributed by atoms with Crippen LogP contribution in [0.3, 0.4) is 0 Å². The van der Waals surface area contributed by atoms with E-state index in [-0.39, 0.29) is 85.3 Å². The van der Waals surface area contributed by atoms with Crippen molar-refractivity contribution in [2.24, 2.45) is 0 Å². The Hall–Kier alpha value is 3.42. The van der Waals surface area contributed by atoms with Crippen LogP contribution in [0.1, 0.15) is 0 Å². The molecular formula is Cu5O20P6. The summed E-state index contributed by atoms with van der Waals surface area (Å²) in [5.41, 5.74) is 0. The normalized spacial score (nSPS) is 12.2. The van der Waals surface area contributed by atoms with Crippen molar-refractivity contribution in [1.82, 2.24) is 0 Å². The van der Waals surface area contributed by atoms with Crippen molar-refractivity contribution in [3.63, 3.8) is 0 Å². The molecule has 0 N–H and O–H groups in total. The molecule has 0 aliphatic carbocycles. The van der Waals surface area contributed by atoms with Gasteiger partial charge in [0.25, 0.3) is 15.6 Å². The van der Waals surface area contributed by atoms with Gasteiger partial charge in [0, 0.05) is 0 Å². The van der Waals surface area contributed by atoms with Crippen molar-refractivity contribution in [2.75, 3.05) is 0 Å². The Kier molecular flexibility index (Phi) is 30.7. The van der Waals surface area contributed by atoms with Gasteiger partial charge in [-0.05, 0) is 0 Å². The minimum absolute atomic E-state index is 0. The minimum atomic E-state index is -5.97. The molecule has 0 bridgehead atoms. The molecule has 0 unspecified atom stereocenters. The molecule has 0 saturated carbocycles. The zero-order chi connectivity index (χ0) is 21.8. The first-order valence-electron chi connectivity index (χ1n) is 4.38. The molecule has 0 aromatic rings. The zero-order valence-electron chi connectivity index (χ0n) is 12.4. The Morgan fingerprint density at radius 1 is 0.323 bits per heavy atom. The van der Waals surface area contributed by atoms with Gasteiger partial charge in [-0.2, -0.15) is 0 Å². The van der Waals surface area contributed by atoms with Gasteiger partial charge in [-0.15, -0.1) is 0 Å². The predicted octanol–water partition coefficient (Wildman–Crippen LogP) is -7.72. The van der Waals surface area contributed by atoms with E-state index in [0.717, 1.165) is 0 Å². The SMILES string of the molecule is O=P([O-])([O-])OP(=O)([O-])OP(=O)([O-])[O-].O=P([O-])([O-])OP(=O)([O-])OP(=O)([O-])[O-].[Cu+2].[Cu+2].[Cu+2].[Cu+2].[Cu+2]. The van der Waals surface area contributed by atoms with E-state index in [2.05, 4.69) is 17.2 Å². The topological polar surface area (TPSA) is 370 Å². The third-order valence-corrected chi connectivity index (χ3v) is 7.20. The largest absolute Gasteiger partial charge is 2.00 e. The van der Waals surface area contributed by atoms with E-state index in [9.17, 15) is 76.3 Å². The van der Waals surface area contributed by atoms with E-state index in [1.807, 2.05) is 0 Å². The van der Waals surface area contributed by atoms with Crippen LogP contribution in [0.5, 0.6) is 0 Å². The van der Waals surface area contributed by atoms with Crippen LogP contribution < -0.4 is 48.9 Å². The zero-order valence-corrected chi connectivity index (χ0v) is 22.4. The molecule has 31 heavy (non-hydrogen) atoms. The van der Waals surface area contributed by atoms with Gasteiger partial charge in [0.05, 0.1) is 31.3 Å². The van der Waals surface area contributed by atoms with Crippen LogP contribution in [0.25, 0.3) is 0 Å². The molecule has 31 heteroatoms. The molecule has 20 nitrogen and oxygen atoms in total. The molecule has 0 heterocycles. The van der Waals surface area contributed by atoms with Crippen LogP contribution in [-0.4, -0.2) is 0 Å². The first kappa shape index (κ1) is 51.1. The summed E-state index contributed by atoms with van der Waals surface area (Å²) < 4.78 is 69.4. The summed E-state index contributed by atoms with van der Waals surface area (Å²) in [4.78, 5) is 97.3. The van der Waals surface area contributed by atoms with E-state index in [1.54, 1.807) is 0 Å². The fourth-order valence-corrected chi connectivity index (χ4v) is 5.21. The molecule has 0 aromatic carbocycles. The maximum atomic E-state index is 10.1. The van der Waals surface area contributed by atoms with Crippen molar-refractivity contribution < 1.29 is 179 Å². The van der Waals surface area contributed by atoms with Crippen LogP contribution in [0.15, 0.2) is 0 Å². The van der Waals surface area contributed by atoms with Crippen LogP contribution in [0.2, 0.25) is 0 Å². The van der Waals surface area contributed by atoms with Gasteiger partial charge >= 0.3 is 85.3 Å². The smallest absolute Gasteiger partial charge is 0.790 e. The van der Waals surface area contributed by atoms with Crippen molar-refractivity contribution >= 4 is 46.9 Å². The Labute approximate surface area is 224 Å². The summed E-state index contributed by atoms with van der Waals surface area (Å²) in [6.45, 7) is 0. The van der Waals surface area contributed by atoms with Gasteiger partial charge in [-0.1, -0.05) is 0 Å². The van der Waals surface area contributed by atoms with Crippen LogP contribution in [-0.2, 0) is 130 Å². The van der Waals surface area contributed by atoms with Crippen LogP contribution >= 0.6 is 46.9 Å². The summed E-state index contributed by atoms with van der Waals surface area (Å²) in [5.74, 6) is 0. The molecule has 0 aliphatic rings. The number of hydrogen-bond acceptors (Lipinski definition) is 20. The first-order chi connectivity index (χ1) is 10.8. The first-order valence-corrected chi connectivity index (χ1v) is 13.1. The Morgan fingerprint density at radius 2 is 0.419 bits per heavy atom. The summed E-state index contributed by atoms with van der Waals surface area (Å²) >= 11 is 0. The Bertz CT molecular complexity index is 628. The van der Waals surface area contributed by atoms with E-state index >= 15 is 0 Å². The standard InChI is InChI=1S/5Cu.2H5O10P3/c;;;;;2*1-11(2,3)9-13(7,8)10-12(4,5)6/h;;;;;2*(H,7,8)(H2,1,2,3)(H2,4,5,6)/q5*+2;;/p-10. The van der Waals surface area contributed by atoms with Crippen LogP contribution in [0, 0.1) is 0 Å². The molecule has 5 radical (unpaired) electrons. The van der Waals surface area contributed by atoms with Crippen molar-refractivity contribution in [3.05, 3.63) is 0 Å². The summed E-state index contributed by atoms with van der Waals surface area (Å²) in [7, 11) is -35.8. The van der Waals surface area contributed by atoms with E-state index in [0.29, 0.717) is 0 Å². The summed E-state index contributed by atoms with van der Waals surface area (Å²) in [6.07, 6.45) is 0. The molecule has 0 atom stereocenters. The average Bonchev–Trinajstić information content (AvgIpc) is 1.97. The van der Waals surface area contributed by atoms with Gasteiger partial charge in [0.15, 0.2) is 0 Å². The van der Waals surface area contributed by atoms with Gasteiger partial charge < -0.3 is 67.2 Å². The monoisotopic (exact) mass is 820 g/mol. The maximum Gasteiger partial charge on any atom is 2.00 e. The Balaban J connectivity index is -0.0000000640. The molecule has 0 spiro atoms. The second kappa shape index (κ2) is 18.6. The second-order valence-electron chi connectivity index (χ2n) is 3.01. The van der Waals surface area contributed by atoms with Gasteiger partial charge in [-0.3, -0.25) is 26.4 Å². The van der Waals surface area contributed by atoms with E-state index in [1.165, 1.54) is 0 Å². The van der Waals surface area contributed by atoms with Gasteiger partial charge in [-0.25, -0.2) is 0 Å². The molecule has 0 saturated heterocycles. The number of phosphoric acid groups is 6. The second-order valence-corrected chi connectivity index (χ2v) is 11.0. The molecule has 0 fully saturated rings. The molecule has 0 rings (SSSR count). The van der Waals surface area contributed by atoms with Crippen molar-refractivity contribution in [3.8, 4) is 0 Å². The summed E-state index contributed by atoms with van der Waals surface area (Å²) in [6, 6.07) is 0. The quantitative estimate of drug-likeness (QED) is 0.162.